The van der Waals surface area contributed by atoms with Gasteiger partial charge in [-0.2, -0.15) is 0 Å². The number of ether oxygens (including phenoxy) is 1. The van der Waals surface area contributed by atoms with E-state index >= 15 is 0 Å². The first-order valence-corrected chi connectivity index (χ1v) is 9.76. The minimum atomic E-state index is -0.265. The van der Waals surface area contributed by atoms with Crippen molar-refractivity contribution >= 4 is 17.6 Å². The van der Waals surface area contributed by atoms with E-state index in [1.165, 1.54) is 6.26 Å². The van der Waals surface area contributed by atoms with Crippen molar-refractivity contribution in [1.29, 1.82) is 0 Å². The van der Waals surface area contributed by atoms with E-state index in [9.17, 15) is 4.79 Å². The Bertz CT molecular complexity index is 712. The molecule has 0 atom stereocenters. The Morgan fingerprint density at radius 2 is 1.93 bits per heavy atom. The second-order valence-corrected chi connectivity index (χ2v) is 6.15. The van der Waals surface area contributed by atoms with Gasteiger partial charge < -0.3 is 25.1 Å². The number of furan rings is 1. The van der Waals surface area contributed by atoms with Crippen molar-refractivity contribution in [3.8, 4) is 0 Å². The standard InChI is InChI=1S/C21H30N4O3/c1-3-22-21(23-13-5-6-14-27-4-2)24-16-17-9-11-18(12-10-17)25-20(26)19-8-7-15-28-19/h7-12,15H,3-6,13-14,16H2,1-2H3,(H,25,26)(H2,22,23,24). The van der Waals surface area contributed by atoms with Crippen LogP contribution >= 0.6 is 0 Å². The Labute approximate surface area is 166 Å². The lowest BCUT2D eigenvalue weighted by Crippen LogP contribution is -2.37. The average Bonchev–Trinajstić information content (AvgIpc) is 3.25. The van der Waals surface area contributed by atoms with Gasteiger partial charge in [-0.3, -0.25) is 4.79 Å². The van der Waals surface area contributed by atoms with Crippen molar-refractivity contribution in [3.05, 3.63) is 54.0 Å². The molecule has 1 aromatic heterocycles. The quantitative estimate of drug-likeness (QED) is 0.313. The summed E-state index contributed by atoms with van der Waals surface area (Å²) < 4.78 is 10.4. The molecule has 2 rings (SSSR count). The molecule has 0 aliphatic heterocycles. The summed E-state index contributed by atoms with van der Waals surface area (Å²) in [6.45, 7) is 7.84. The molecular weight excluding hydrogens is 356 g/mol. The van der Waals surface area contributed by atoms with Gasteiger partial charge in [-0.25, -0.2) is 4.99 Å². The van der Waals surface area contributed by atoms with E-state index in [-0.39, 0.29) is 11.7 Å². The van der Waals surface area contributed by atoms with E-state index in [0.717, 1.165) is 50.7 Å². The third kappa shape index (κ3) is 7.84. The molecule has 0 saturated carbocycles. The number of unbranched alkanes of at least 4 members (excludes halogenated alkanes) is 1. The molecule has 0 aliphatic carbocycles. The molecule has 0 unspecified atom stereocenters. The molecule has 0 fully saturated rings. The number of amides is 1. The summed E-state index contributed by atoms with van der Waals surface area (Å²) in [6, 6.07) is 10.9. The van der Waals surface area contributed by atoms with Crippen LogP contribution in [-0.2, 0) is 11.3 Å². The van der Waals surface area contributed by atoms with Crippen molar-refractivity contribution in [2.24, 2.45) is 4.99 Å². The number of nitrogens with zero attached hydrogens (tertiary/aromatic N) is 1. The highest BCUT2D eigenvalue weighted by atomic mass is 16.5. The maximum Gasteiger partial charge on any atom is 0.291 e. The molecule has 0 aliphatic rings. The summed E-state index contributed by atoms with van der Waals surface area (Å²) in [4.78, 5) is 16.6. The normalized spacial score (nSPS) is 11.3. The van der Waals surface area contributed by atoms with E-state index in [1.54, 1.807) is 12.1 Å². The van der Waals surface area contributed by atoms with Gasteiger partial charge in [0.05, 0.1) is 12.8 Å². The molecule has 0 bridgehead atoms. The van der Waals surface area contributed by atoms with Crippen molar-refractivity contribution in [2.75, 3.05) is 31.6 Å². The fraction of sp³-hybridized carbons (Fsp3) is 0.429. The van der Waals surface area contributed by atoms with E-state index in [1.807, 2.05) is 38.1 Å². The monoisotopic (exact) mass is 386 g/mol. The number of rotatable bonds is 11. The third-order valence-electron chi connectivity index (χ3n) is 3.93. The Morgan fingerprint density at radius 1 is 1.11 bits per heavy atom. The first-order valence-electron chi connectivity index (χ1n) is 9.76. The SMILES string of the molecule is CCNC(=NCc1ccc(NC(=O)c2ccco2)cc1)NCCCCOCC. The molecule has 1 aromatic carbocycles. The van der Waals surface area contributed by atoms with Gasteiger partial charge in [0.15, 0.2) is 11.7 Å². The zero-order valence-electron chi connectivity index (χ0n) is 16.7. The fourth-order valence-corrected chi connectivity index (χ4v) is 2.49. The average molecular weight is 386 g/mol. The summed E-state index contributed by atoms with van der Waals surface area (Å²) in [5, 5.41) is 9.39. The van der Waals surface area contributed by atoms with Crippen LogP contribution < -0.4 is 16.0 Å². The first-order chi connectivity index (χ1) is 13.7. The zero-order chi connectivity index (χ0) is 20.0. The fourth-order valence-electron chi connectivity index (χ4n) is 2.49. The van der Waals surface area contributed by atoms with E-state index < -0.39 is 0 Å². The van der Waals surface area contributed by atoms with Gasteiger partial charge >= 0.3 is 0 Å². The number of carbonyl (C=O) groups excluding carboxylic acids is 1. The van der Waals surface area contributed by atoms with Crippen LogP contribution in [0.15, 0.2) is 52.1 Å². The van der Waals surface area contributed by atoms with Gasteiger partial charge in [-0.1, -0.05) is 12.1 Å². The minimum Gasteiger partial charge on any atom is -0.459 e. The van der Waals surface area contributed by atoms with Gasteiger partial charge in [0.2, 0.25) is 0 Å². The van der Waals surface area contributed by atoms with Gasteiger partial charge in [0.1, 0.15) is 0 Å². The van der Waals surface area contributed by atoms with Crippen LogP contribution in [0.25, 0.3) is 0 Å². The molecule has 1 heterocycles. The van der Waals surface area contributed by atoms with Crippen LogP contribution in [0.2, 0.25) is 0 Å². The molecule has 152 valence electrons. The molecular formula is C21H30N4O3. The molecule has 2 aromatic rings. The number of guanidine groups is 1. The highest BCUT2D eigenvalue weighted by Crippen LogP contribution is 2.12. The van der Waals surface area contributed by atoms with Gasteiger partial charge in [-0.15, -0.1) is 0 Å². The topological polar surface area (TPSA) is 87.9 Å². The van der Waals surface area contributed by atoms with Crippen LogP contribution in [0, 0.1) is 0 Å². The number of hydrogen-bond donors (Lipinski definition) is 3. The smallest absolute Gasteiger partial charge is 0.291 e. The molecule has 7 nitrogen and oxygen atoms in total. The number of nitrogens with one attached hydrogen (secondary N) is 3. The van der Waals surface area contributed by atoms with E-state index in [2.05, 4.69) is 20.9 Å². The number of benzene rings is 1. The van der Waals surface area contributed by atoms with Crippen LogP contribution in [0.1, 0.15) is 42.8 Å². The molecule has 0 spiro atoms. The minimum absolute atomic E-state index is 0.265. The highest BCUT2D eigenvalue weighted by molar-refractivity contribution is 6.02. The summed E-state index contributed by atoms with van der Waals surface area (Å²) in [5.74, 6) is 0.823. The Kier molecular flexibility index (Phi) is 9.65. The van der Waals surface area contributed by atoms with Crippen LogP contribution in [0.4, 0.5) is 5.69 Å². The number of hydrogen-bond acceptors (Lipinski definition) is 4. The Hall–Kier alpha value is -2.80. The summed E-state index contributed by atoms with van der Waals surface area (Å²) in [6.07, 6.45) is 3.55. The molecule has 28 heavy (non-hydrogen) atoms. The third-order valence-corrected chi connectivity index (χ3v) is 3.93. The van der Waals surface area contributed by atoms with Crippen LogP contribution in [0.5, 0.6) is 0 Å². The summed E-state index contributed by atoms with van der Waals surface area (Å²) in [5.41, 5.74) is 1.78. The van der Waals surface area contributed by atoms with Crippen molar-refractivity contribution < 1.29 is 13.9 Å². The second kappa shape index (κ2) is 12.6. The maximum atomic E-state index is 12.0. The Balaban J connectivity index is 1.80. The predicted molar refractivity (Wildman–Crippen MR) is 112 cm³/mol. The lowest BCUT2D eigenvalue weighted by molar-refractivity contribution is 0.0996. The van der Waals surface area contributed by atoms with Crippen LogP contribution in [0.3, 0.4) is 0 Å². The van der Waals surface area contributed by atoms with Crippen LogP contribution in [-0.4, -0.2) is 38.2 Å². The number of anilines is 1. The molecule has 0 radical (unpaired) electrons. The van der Waals surface area contributed by atoms with Crippen molar-refractivity contribution in [3.63, 3.8) is 0 Å². The van der Waals surface area contributed by atoms with Crippen molar-refractivity contribution in [1.82, 2.24) is 10.6 Å². The highest BCUT2D eigenvalue weighted by Gasteiger charge is 2.08. The first kappa shape index (κ1) is 21.5. The maximum absolute atomic E-state index is 12.0. The lowest BCUT2D eigenvalue weighted by Gasteiger charge is -2.11. The molecule has 0 saturated heterocycles. The summed E-state index contributed by atoms with van der Waals surface area (Å²) >= 11 is 0. The Morgan fingerprint density at radius 3 is 2.61 bits per heavy atom. The van der Waals surface area contributed by atoms with E-state index in [4.69, 9.17) is 9.15 Å². The van der Waals surface area contributed by atoms with Gasteiger partial charge in [-0.05, 0) is 56.5 Å². The summed E-state index contributed by atoms with van der Waals surface area (Å²) in [7, 11) is 0. The van der Waals surface area contributed by atoms with Crippen molar-refractivity contribution in [2.45, 2.75) is 33.2 Å². The largest absolute Gasteiger partial charge is 0.459 e. The molecule has 7 heteroatoms. The predicted octanol–water partition coefficient (Wildman–Crippen LogP) is 3.40. The molecule has 3 N–H and O–H groups in total. The lowest BCUT2D eigenvalue weighted by atomic mass is 10.2. The molecule has 1 amide bonds. The zero-order valence-corrected chi connectivity index (χ0v) is 16.7. The van der Waals surface area contributed by atoms with Gasteiger partial charge in [0.25, 0.3) is 5.91 Å². The second-order valence-electron chi connectivity index (χ2n) is 6.15. The van der Waals surface area contributed by atoms with Gasteiger partial charge in [0, 0.05) is 32.0 Å². The van der Waals surface area contributed by atoms with E-state index in [0.29, 0.717) is 12.2 Å². The number of aliphatic imine (C=N–C) groups is 1. The number of carbonyl (C=O) groups is 1.